The second kappa shape index (κ2) is 5.43. The van der Waals surface area contributed by atoms with Crippen molar-refractivity contribution in [3.8, 4) is 0 Å². The summed E-state index contributed by atoms with van der Waals surface area (Å²) in [5.41, 5.74) is 0.919. The Labute approximate surface area is 113 Å². The van der Waals surface area contributed by atoms with Crippen molar-refractivity contribution < 1.29 is 14.3 Å². The first-order valence-corrected chi connectivity index (χ1v) is 6.64. The van der Waals surface area contributed by atoms with Crippen molar-refractivity contribution in [2.24, 2.45) is 5.92 Å². The van der Waals surface area contributed by atoms with E-state index >= 15 is 0 Å². The van der Waals surface area contributed by atoms with E-state index in [0.717, 1.165) is 5.56 Å². The minimum absolute atomic E-state index is 0.154. The van der Waals surface area contributed by atoms with Crippen molar-refractivity contribution in [3.05, 3.63) is 35.9 Å². The van der Waals surface area contributed by atoms with Gasteiger partial charge in [0.15, 0.2) is 0 Å². The molecule has 1 aromatic rings. The van der Waals surface area contributed by atoms with E-state index in [1.807, 2.05) is 51.1 Å². The Bertz CT molecular complexity index is 472. The average Bonchev–Trinajstić information content (AvgIpc) is 2.73. The van der Waals surface area contributed by atoms with Crippen LogP contribution in [-0.2, 0) is 9.53 Å². The molecule has 0 unspecified atom stereocenters. The van der Waals surface area contributed by atoms with E-state index in [2.05, 4.69) is 0 Å². The standard InChI is InChI=1S/C15H19NO3/c1-4-10(2)14(17)16-11(3)13(19-15(16)18)12-8-6-5-7-9-12/h5-11,13H,4H2,1-3H3/t10-,11-,13-/m1/s1/i2+1. The summed E-state index contributed by atoms with van der Waals surface area (Å²) in [4.78, 5) is 25.4. The number of rotatable bonds is 3. The van der Waals surface area contributed by atoms with Crippen LogP contribution in [0.25, 0.3) is 0 Å². The summed E-state index contributed by atoms with van der Waals surface area (Å²) in [6.45, 7) is 5.62. The highest BCUT2D eigenvalue weighted by molar-refractivity contribution is 5.94. The van der Waals surface area contributed by atoms with Crippen molar-refractivity contribution in [2.75, 3.05) is 0 Å². The highest BCUT2D eigenvalue weighted by Gasteiger charge is 2.44. The molecule has 19 heavy (non-hydrogen) atoms. The number of benzene rings is 1. The number of carbonyl (C=O) groups is 2. The number of imide groups is 1. The zero-order valence-corrected chi connectivity index (χ0v) is 11.5. The Balaban J connectivity index is 2.22. The summed E-state index contributed by atoms with van der Waals surface area (Å²) in [6.07, 6.45) is -0.195. The summed E-state index contributed by atoms with van der Waals surface area (Å²) in [7, 11) is 0. The number of cyclic esters (lactones) is 1. The van der Waals surface area contributed by atoms with Gasteiger partial charge in [0.25, 0.3) is 0 Å². The second-order valence-electron chi connectivity index (χ2n) is 4.97. The predicted molar refractivity (Wildman–Crippen MR) is 71.4 cm³/mol. The first kappa shape index (κ1) is 13.6. The van der Waals surface area contributed by atoms with Gasteiger partial charge in [0.05, 0.1) is 6.04 Å². The van der Waals surface area contributed by atoms with Gasteiger partial charge in [-0.1, -0.05) is 44.2 Å². The van der Waals surface area contributed by atoms with E-state index in [1.54, 1.807) is 0 Å². The molecular weight excluding hydrogens is 243 g/mol. The van der Waals surface area contributed by atoms with Crippen LogP contribution in [0.15, 0.2) is 30.3 Å². The van der Waals surface area contributed by atoms with E-state index < -0.39 is 6.09 Å². The third-order valence-corrected chi connectivity index (χ3v) is 3.67. The molecule has 3 atom stereocenters. The van der Waals surface area contributed by atoms with Crippen LogP contribution in [0.4, 0.5) is 4.79 Å². The lowest BCUT2D eigenvalue weighted by atomic mass is 10.0. The number of hydrogen-bond acceptors (Lipinski definition) is 3. The minimum atomic E-state index is -0.536. The van der Waals surface area contributed by atoms with Gasteiger partial charge in [-0.05, 0) is 18.9 Å². The molecule has 0 spiro atoms. The largest absolute Gasteiger partial charge is 0.439 e. The Morgan fingerprint density at radius 1 is 1.37 bits per heavy atom. The van der Waals surface area contributed by atoms with Gasteiger partial charge in [0, 0.05) is 5.92 Å². The Morgan fingerprint density at radius 2 is 2.00 bits per heavy atom. The molecule has 2 amide bonds. The molecule has 1 aliphatic heterocycles. The zero-order chi connectivity index (χ0) is 14.0. The molecule has 4 heteroatoms. The molecule has 0 aromatic heterocycles. The molecule has 0 saturated carbocycles. The van der Waals surface area contributed by atoms with E-state index in [-0.39, 0.29) is 24.0 Å². The van der Waals surface area contributed by atoms with Crippen molar-refractivity contribution in [3.63, 3.8) is 0 Å². The van der Waals surface area contributed by atoms with Gasteiger partial charge in [-0.2, -0.15) is 0 Å². The molecule has 0 aliphatic carbocycles. The Hall–Kier alpha value is -1.84. The molecule has 0 radical (unpaired) electrons. The van der Waals surface area contributed by atoms with Gasteiger partial charge < -0.3 is 4.74 Å². The lowest BCUT2D eigenvalue weighted by Gasteiger charge is -2.21. The van der Waals surface area contributed by atoms with Crippen LogP contribution in [0.2, 0.25) is 0 Å². The maximum absolute atomic E-state index is 12.2. The van der Waals surface area contributed by atoms with Crippen LogP contribution in [0.5, 0.6) is 0 Å². The summed E-state index contributed by atoms with van der Waals surface area (Å²) in [6, 6.07) is 9.26. The third-order valence-electron chi connectivity index (χ3n) is 3.67. The quantitative estimate of drug-likeness (QED) is 0.786. The Kier molecular flexibility index (Phi) is 3.88. The normalized spacial score (nSPS) is 24.2. The summed E-state index contributed by atoms with van der Waals surface area (Å²) in [5, 5.41) is 0. The number of hydrogen-bond donors (Lipinski definition) is 0. The van der Waals surface area contributed by atoms with Crippen molar-refractivity contribution in [1.29, 1.82) is 0 Å². The molecular formula is C15H19NO3. The SMILES string of the molecule is CC[C@@H]([13CH3])C(=O)N1C(=O)O[C@@H](c2ccccc2)[C@H]1C. The van der Waals surface area contributed by atoms with Crippen molar-refractivity contribution in [2.45, 2.75) is 39.3 Å². The lowest BCUT2D eigenvalue weighted by Crippen LogP contribution is -2.40. The molecule has 2 rings (SSSR count). The number of amides is 2. The van der Waals surface area contributed by atoms with Crippen LogP contribution < -0.4 is 0 Å². The molecule has 1 fully saturated rings. The number of carbonyl (C=O) groups excluding carboxylic acids is 2. The van der Waals surface area contributed by atoms with Gasteiger partial charge in [-0.3, -0.25) is 4.79 Å². The molecule has 4 nitrogen and oxygen atoms in total. The van der Waals surface area contributed by atoms with E-state index in [9.17, 15) is 9.59 Å². The fourth-order valence-electron chi connectivity index (χ4n) is 2.26. The Morgan fingerprint density at radius 3 is 2.58 bits per heavy atom. The van der Waals surface area contributed by atoms with Crippen molar-refractivity contribution >= 4 is 12.0 Å². The van der Waals surface area contributed by atoms with Gasteiger partial charge in [0.2, 0.25) is 5.91 Å². The van der Waals surface area contributed by atoms with Crippen molar-refractivity contribution in [1.82, 2.24) is 4.90 Å². The maximum atomic E-state index is 12.2. The van der Waals surface area contributed by atoms with Crippen LogP contribution in [0.1, 0.15) is 38.9 Å². The summed E-state index contributed by atoms with van der Waals surface area (Å²) in [5.74, 6) is -0.317. The lowest BCUT2D eigenvalue weighted by molar-refractivity contribution is -0.132. The summed E-state index contributed by atoms with van der Waals surface area (Å²) >= 11 is 0. The molecule has 102 valence electrons. The van der Waals surface area contributed by atoms with Crippen LogP contribution in [-0.4, -0.2) is 22.9 Å². The van der Waals surface area contributed by atoms with Crippen LogP contribution in [0, 0.1) is 5.92 Å². The number of nitrogens with zero attached hydrogens (tertiary/aromatic N) is 1. The zero-order valence-electron chi connectivity index (χ0n) is 11.5. The van der Waals surface area contributed by atoms with Crippen LogP contribution >= 0.6 is 0 Å². The smallest absolute Gasteiger partial charge is 0.417 e. The van der Waals surface area contributed by atoms with Gasteiger partial charge >= 0.3 is 6.09 Å². The van der Waals surface area contributed by atoms with Gasteiger partial charge in [-0.25, -0.2) is 9.69 Å². The average molecular weight is 262 g/mol. The first-order valence-electron chi connectivity index (χ1n) is 6.64. The monoisotopic (exact) mass is 262 g/mol. The van der Waals surface area contributed by atoms with Gasteiger partial charge in [-0.15, -0.1) is 0 Å². The molecule has 0 bridgehead atoms. The fraction of sp³-hybridized carbons (Fsp3) is 0.467. The first-order chi connectivity index (χ1) is 9.06. The fourth-order valence-corrected chi connectivity index (χ4v) is 2.26. The minimum Gasteiger partial charge on any atom is -0.439 e. The highest BCUT2D eigenvalue weighted by Crippen LogP contribution is 2.33. The second-order valence-corrected chi connectivity index (χ2v) is 4.97. The maximum Gasteiger partial charge on any atom is 0.417 e. The molecule has 0 N–H and O–H groups in total. The summed E-state index contributed by atoms with van der Waals surface area (Å²) < 4.78 is 5.35. The molecule has 1 aromatic carbocycles. The highest BCUT2D eigenvalue weighted by atomic mass is 16.6. The van der Waals surface area contributed by atoms with E-state index in [0.29, 0.717) is 6.42 Å². The van der Waals surface area contributed by atoms with Crippen LogP contribution in [0.3, 0.4) is 0 Å². The topological polar surface area (TPSA) is 46.6 Å². The molecule has 1 saturated heterocycles. The molecule has 1 heterocycles. The molecule has 1 aliphatic rings. The van der Waals surface area contributed by atoms with Gasteiger partial charge in [0.1, 0.15) is 6.10 Å². The van der Waals surface area contributed by atoms with E-state index in [1.165, 1.54) is 4.90 Å². The third kappa shape index (κ3) is 2.48. The predicted octanol–water partition coefficient (Wildman–Crippen LogP) is 3.14. The van der Waals surface area contributed by atoms with E-state index in [4.69, 9.17) is 4.74 Å². The number of ether oxygens (including phenoxy) is 1.